The summed E-state index contributed by atoms with van der Waals surface area (Å²) in [5.74, 6) is -0.0426. The minimum Gasteiger partial charge on any atom is -0.276 e. The first-order chi connectivity index (χ1) is 10.7. The molecule has 0 aromatic heterocycles. The molecule has 2 atom stereocenters. The van der Waals surface area contributed by atoms with Crippen LogP contribution in [0.4, 0.5) is 5.69 Å². The van der Waals surface area contributed by atoms with Crippen LogP contribution in [0.1, 0.15) is 49.0 Å². The number of nitro benzene ring substituents is 1. The van der Waals surface area contributed by atoms with Gasteiger partial charge in [0.05, 0.1) is 10.2 Å². The summed E-state index contributed by atoms with van der Waals surface area (Å²) >= 11 is 5.47. The van der Waals surface area contributed by atoms with Gasteiger partial charge in [0.15, 0.2) is 9.84 Å². The second-order valence-corrected chi connectivity index (χ2v) is 8.33. The van der Waals surface area contributed by atoms with Crippen molar-refractivity contribution >= 4 is 32.4 Å². The average molecular weight is 360 g/mol. The zero-order chi connectivity index (χ0) is 17.4. The number of rotatable bonds is 5. The van der Waals surface area contributed by atoms with Crippen LogP contribution in [0.25, 0.3) is 0 Å². The van der Waals surface area contributed by atoms with Gasteiger partial charge in [0, 0.05) is 11.6 Å². The van der Waals surface area contributed by atoms with Crippen LogP contribution in [0.5, 0.6) is 0 Å². The SMILES string of the molecule is CCc1cc(S(=O)(=O)C2CCCC2C)c([N+](=O)[O-])cc1C(=O)Cl. The molecule has 23 heavy (non-hydrogen) atoms. The number of nitrogens with zero attached hydrogens (tertiary/aromatic N) is 1. The molecule has 1 aliphatic rings. The maximum atomic E-state index is 12.9. The topological polar surface area (TPSA) is 94.3 Å². The summed E-state index contributed by atoms with van der Waals surface area (Å²) in [5, 5.41) is 9.87. The van der Waals surface area contributed by atoms with Gasteiger partial charge in [-0.05, 0) is 48.4 Å². The minimum atomic E-state index is -3.83. The monoisotopic (exact) mass is 359 g/mol. The van der Waals surface area contributed by atoms with Crippen LogP contribution in [0.3, 0.4) is 0 Å². The molecule has 0 heterocycles. The highest BCUT2D eigenvalue weighted by molar-refractivity contribution is 7.92. The number of aryl methyl sites for hydroxylation is 1. The normalized spacial score (nSPS) is 21.3. The smallest absolute Gasteiger partial charge is 0.276 e. The van der Waals surface area contributed by atoms with Gasteiger partial charge in [0.1, 0.15) is 4.90 Å². The first-order valence-electron chi connectivity index (χ1n) is 7.45. The van der Waals surface area contributed by atoms with E-state index in [9.17, 15) is 23.3 Å². The van der Waals surface area contributed by atoms with E-state index in [1.165, 1.54) is 6.07 Å². The van der Waals surface area contributed by atoms with Crippen molar-refractivity contribution in [3.05, 3.63) is 33.4 Å². The molecule has 2 unspecified atom stereocenters. The largest absolute Gasteiger partial charge is 0.288 e. The third kappa shape index (κ3) is 3.26. The molecule has 1 aromatic carbocycles. The lowest BCUT2D eigenvalue weighted by Gasteiger charge is -2.17. The van der Waals surface area contributed by atoms with Gasteiger partial charge in [0.2, 0.25) is 0 Å². The van der Waals surface area contributed by atoms with Gasteiger partial charge in [-0.25, -0.2) is 8.42 Å². The van der Waals surface area contributed by atoms with Gasteiger partial charge in [-0.15, -0.1) is 0 Å². The van der Waals surface area contributed by atoms with E-state index in [0.717, 1.165) is 18.9 Å². The van der Waals surface area contributed by atoms with Gasteiger partial charge in [-0.2, -0.15) is 0 Å². The molecule has 1 saturated carbocycles. The van der Waals surface area contributed by atoms with Gasteiger partial charge in [-0.1, -0.05) is 20.3 Å². The van der Waals surface area contributed by atoms with Crippen LogP contribution in [0.15, 0.2) is 17.0 Å². The van der Waals surface area contributed by atoms with E-state index in [1.54, 1.807) is 6.92 Å². The Kier molecular flexibility index (Phi) is 5.10. The summed E-state index contributed by atoms with van der Waals surface area (Å²) in [7, 11) is -3.83. The Morgan fingerprint density at radius 3 is 2.48 bits per heavy atom. The molecular formula is C15H18ClNO5S. The van der Waals surface area contributed by atoms with Crippen LogP contribution in [-0.4, -0.2) is 23.8 Å². The molecule has 1 aromatic rings. The zero-order valence-electron chi connectivity index (χ0n) is 12.9. The van der Waals surface area contributed by atoms with E-state index in [2.05, 4.69) is 0 Å². The van der Waals surface area contributed by atoms with Crippen molar-refractivity contribution in [2.24, 2.45) is 5.92 Å². The number of sulfone groups is 1. The maximum Gasteiger partial charge on any atom is 0.288 e. The summed E-state index contributed by atoms with van der Waals surface area (Å²) in [4.78, 5) is 21.7. The van der Waals surface area contributed by atoms with Crippen LogP contribution >= 0.6 is 11.6 Å². The molecule has 0 amide bonds. The number of hydrogen-bond acceptors (Lipinski definition) is 5. The minimum absolute atomic E-state index is 0.0145. The summed E-state index contributed by atoms with van der Waals surface area (Å²) in [6.45, 7) is 3.58. The molecule has 8 heteroatoms. The molecule has 0 N–H and O–H groups in total. The van der Waals surface area contributed by atoms with Gasteiger partial charge in [-0.3, -0.25) is 14.9 Å². The Morgan fingerprint density at radius 1 is 1.39 bits per heavy atom. The number of halogens is 1. The first kappa shape index (κ1) is 17.9. The summed E-state index contributed by atoms with van der Waals surface area (Å²) < 4.78 is 25.8. The van der Waals surface area contributed by atoms with E-state index in [4.69, 9.17) is 11.6 Å². The van der Waals surface area contributed by atoms with Crippen molar-refractivity contribution < 1.29 is 18.1 Å². The fourth-order valence-electron chi connectivity index (χ4n) is 3.19. The molecule has 1 fully saturated rings. The van der Waals surface area contributed by atoms with Crippen molar-refractivity contribution in [2.45, 2.75) is 49.7 Å². The fourth-order valence-corrected chi connectivity index (χ4v) is 5.65. The Morgan fingerprint density at radius 2 is 2.04 bits per heavy atom. The number of benzene rings is 1. The Bertz CT molecular complexity index is 759. The quantitative estimate of drug-likeness (QED) is 0.455. The Labute approximate surface area is 139 Å². The maximum absolute atomic E-state index is 12.9. The highest BCUT2D eigenvalue weighted by Gasteiger charge is 2.40. The van der Waals surface area contributed by atoms with Crippen LogP contribution in [-0.2, 0) is 16.3 Å². The highest BCUT2D eigenvalue weighted by atomic mass is 35.5. The first-order valence-corrected chi connectivity index (χ1v) is 9.37. The standard InChI is InChI=1S/C15H18ClNO5S/c1-3-10-7-14(12(17(19)20)8-11(10)15(16)18)23(21,22)13-6-4-5-9(13)2/h7-9,13H,3-6H2,1-2H3. The van der Waals surface area contributed by atoms with Crippen molar-refractivity contribution in [3.8, 4) is 0 Å². The molecule has 0 spiro atoms. The lowest BCUT2D eigenvalue weighted by atomic mass is 10.1. The fraction of sp³-hybridized carbons (Fsp3) is 0.533. The average Bonchev–Trinajstić information content (AvgIpc) is 2.92. The molecule has 0 bridgehead atoms. The number of carbonyl (C=O) groups excluding carboxylic acids is 1. The molecule has 1 aliphatic carbocycles. The molecule has 2 rings (SSSR count). The second kappa shape index (κ2) is 6.57. The molecule has 126 valence electrons. The lowest BCUT2D eigenvalue weighted by Crippen LogP contribution is -2.25. The zero-order valence-corrected chi connectivity index (χ0v) is 14.5. The summed E-state index contributed by atoms with van der Waals surface area (Å²) in [6.07, 6.45) is 2.43. The van der Waals surface area contributed by atoms with Gasteiger partial charge in [0.25, 0.3) is 10.9 Å². The third-order valence-electron chi connectivity index (χ3n) is 4.46. The molecule has 0 aliphatic heterocycles. The van der Waals surface area contributed by atoms with E-state index < -0.39 is 30.9 Å². The summed E-state index contributed by atoms with van der Waals surface area (Å²) in [6, 6.07) is 2.23. The molecule has 0 radical (unpaired) electrons. The summed E-state index contributed by atoms with van der Waals surface area (Å²) in [5.41, 5.74) is -0.190. The predicted molar refractivity (Wildman–Crippen MR) is 86.6 cm³/mol. The van der Waals surface area contributed by atoms with Gasteiger partial charge < -0.3 is 0 Å². The van der Waals surface area contributed by atoms with E-state index in [0.29, 0.717) is 18.4 Å². The van der Waals surface area contributed by atoms with Gasteiger partial charge >= 0.3 is 0 Å². The van der Waals surface area contributed by atoms with E-state index >= 15 is 0 Å². The Balaban J connectivity index is 2.70. The van der Waals surface area contributed by atoms with E-state index in [-0.39, 0.29) is 16.4 Å². The van der Waals surface area contributed by atoms with Crippen molar-refractivity contribution in [3.63, 3.8) is 0 Å². The molecular weight excluding hydrogens is 342 g/mol. The Hall–Kier alpha value is -1.47. The molecule has 0 saturated heterocycles. The predicted octanol–water partition coefficient (Wildman–Crippen LogP) is 3.50. The number of carbonyl (C=O) groups is 1. The number of hydrogen-bond donors (Lipinski definition) is 0. The van der Waals surface area contributed by atoms with Crippen molar-refractivity contribution in [1.29, 1.82) is 0 Å². The molecule has 6 nitrogen and oxygen atoms in total. The van der Waals surface area contributed by atoms with Crippen LogP contribution in [0.2, 0.25) is 0 Å². The van der Waals surface area contributed by atoms with E-state index in [1.807, 2.05) is 6.92 Å². The highest BCUT2D eigenvalue weighted by Crippen LogP contribution is 2.38. The lowest BCUT2D eigenvalue weighted by molar-refractivity contribution is -0.387. The van der Waals surface area contributed by atoms with Crippen molar-refractivity contribution in [2.75, 3.05) is 0 Å². The number of nitro groups is 1. The van der Waals surface area contributed by atoms with Crippen LogP contribution in [0, 0.1) is 16.0 Å². The third-order valence-corrected chi connectivity index (χ3v) is 7.10. The van der Waals surface area contributed by atoms with Crippen molar-refractivity contribution in [1.82, 2.24) is 0 Å². The second-order valence-electron chi connectivity index (χ2n) is 5.85. The van der Waals surface area contributed by atoms with Crippen LogP contribution < -0.4 is 0 Å².